The summed E-state index contributed by atoms with van der Waals surface area (Å²) in [6.07, 6.45) is 6.95. The summed E-state index contributed by atoms with van der Waals surface area (Å²) < 4.78 is 1.88. The van der Waals surface area contributed by atoms with Crippen LogP contribution in [0.4, 0.5) is 4.79 Å². The van der Waals surface area contributed by atoms with Crippen molar-refractivity contribution in [2.24, 2.45) is 18.4 Å². The van der Waals surface area contributed by atoms with Gasteiger partial charge in [0.25, 0.3) is 0 Å². The molecule has 2 aliphatic carbocycles. The fourth-order valence-corrected chi connectivity index (χ4v) is 5.03. The molecule has 0 spiro atoms. The number of carbonyl (C=O) groups excluding carboxylic acids is 1. The number of fused-ring (bicyclic) bond motifs is 2. The van der Waals surface area contributed by atoms with Crippen molar-refractivity contribution in [2.45, 2.75) is 51.5 Å². The summed E-state index contributed by atoms with van der Waals surface area (Å²) in [7, 11) is 1.93. The number of hydrogen-bond acceptors (Lipinski definition) is 3. The summed E-state index contributed by atoms with van der Waals surface area (Å²) in [5, 5.41) is 17.2. The Hall–Kier alpha value is -2.05. The zero-order valence-electron chi connectivity index (χ0n) is 14.8. The van der Waals surface area contributed by atoms with Crippen molar-refractivity contribution in [2.75, 3.05) is 13.1 Å². The number of rotatable bonds is 3. The Balaban J connectivity index is 1.42. The van der Waals surface area contributed by atoms with Crippen LogP contribution < -0.4 is 5.32 Å². The summed E-state index contributed by atoms with van der Waals surface area (Å²) in [6, 6.07) is -0.152. The number of carbonyl (C=O) groups is 2. The first-order valence-electron chi connectivity index (χ1n) is 9.31. The second-order valence-electron chi connectivity index (χ2n) is 7.79. The zero-order valence-corrected chi connectivity index (χ0v) is 14.8. The average molecular weight is 346 g/mol. The third kappa shape index (κ3) is 2.60. The van der Waals surface area contributed by atoms with Crippen molar-refractivity contribution in [1.82, 2.24) is 20.0 Å². The van der Waals surface area contributed by atoms with Crippen LogP contribution in [0, 0.1) is 11.3 Å². The fraction of sp³-hybridized carbons (Fsp3) is 0.722. The molecule has 2 fully saturated rings. The Morgan fingerprint density at radius 1 is 1.32 bits per heavy atom. The lowest BCUT2D eigenvalue weighted by molar-refractivity contribution is -0.149. The van der Waals surface area contributed by atoms with E-state index in [0.717, 1.165) is 31.4 Å². The first-order valence-corrected chi connectivity index (χ1v) is 9.31. The van der Waals surface area contributed by atoms with E-state index in [9.17, 15) is 14.7 Å². The van der Waals surface area contributed by atoms with Crippen LogP contribution in [0.1, 0.15) is 49.1 Å². The molecule has 4 rings (SSSR count). The highest BCUT2D eigenvalue weighted by Crippen LogP contribution is 2.48. The molecule has 25 heavy (non-hydrogen) atoms. The number of aliphatic carboxylic acids is 1. The third-order valence-corrected chi connectivity index (χ3v) is 6.44. The molecule has 0 unspecified atom stereocenters. The van der Waals surface area contributed by atoms with E-state index in [4.69, 9.17) is 0 Å². The second kappa shape index (κ2) is 6.04. The molecule has 7 heteroatoms. The predicted octanol–water partition coefficient (Wildman–Crippen LogP) is 1.70. The molecule has 0 aromatic carbocycles. The van der Waals surface area contributed by atoms with Crippen LogP contribution in [-0.4, -0.2) is 44.9 Å². The lowest BCUT2D eigenvalue weighted by Crippen LogP contribution is -2.41. The van der Waals surface area contributed by atoms with Gasteiger partial charge in [-0.05, 0) is 50.0 Å². The molecule has 136 valence electrons. The number of amides is 2. The topological polar surface area (TPSA) is 87.5 Å². The van der Waals surface area contributed by atoms with Crippen molar-refractivity contribution < 1.29 is 14.7 Å². The number of hydrogen-bond donors (Lipinski definition) is 2. The number of nitrogens with zero attached hydrogens (tertiary/aromatic N) is 3. The Labute approximate surface area is 147 Å². The molecule has 7 nitrogen and oxygen atoms in total. The van der Waals surface area contributed by atoms with Crippen LogP contribution in [0.2, 0.25) is 0 Å². The Bertz CT molecular complexity index is 713. The van der Waals surface area contributed by atoms with Crippen molar-refractivity contribution in [3.8, 4) is 0 Å². The molecular formula is C18H26N4O3. The van der Waals surface area contributed by atoms with Crippen LogP contribution in [0.5, 0.6) is 0 Å². The van der Waals surface area contributed by atoms with Crippen molar-refractivity contribution in [1.29, 1.82) is 0 Å². The minimum atomic E-state index is -0.744. The summed E-state index contributed by atoms with van der Waals surface area (Å²) >= 11 is 0. The fourth-order valence-electron chi connectivity index (χ4n) is 5.03. The van der Waals surface area contributed by atoms with Gasteiger partial charge < -0.3 is 15.3 Å². The molecule has 2 atom stereocenters. The van der Waals surface area contributed by atoms with Gasteiger partial charge in [0.1, 0.15) is 0 Å². The number of carboxylic acid groups (broad SMARTS) is 1. The van der Waals surface area contributed by atoms with Gasteiger partial charge in [-0.2, -0.15) is 5.10 Å². The molecule has 2 amide bonds. The smallest absolute Gasteiger partial charge is 0.317 e. The second-order valence-corrected chi connectivity index (χ2v) is 7.79. The van der Waals surface area contributed by atoms with Crippen LogP contribution in [-0.2, 0) is 31.2 Å². The number of likely N-dealkylation sites (tertiary alicyclic amines) is 1. The maximum Gasteiger partial charge on any atom is 0.317 e. The average Bonchev–Trinajstić information content (AvgIpc) is 3.22. The van der Waals surface area contributed by atoms with Crippen molar-refractivity contribution in [3.63, 3.8) is 0 Å². The van der Waals surface area contributed by atoms with Crippen LogP contribution in [0.3, 0.4) is 0 Å². The van der Waals surface area contributed by atoms with E-state index in [0.29, 0.717) is 26.1 Å². The van der Waals surface area contributed by atoms with Crippen LogP contribution in [0.25, 0.3) is 0 Å². The normalized spacial score (nSPS) is 27.9. The largest absolute Gasteiger partial charge is 0.481 e. The number of aryl methyl sites for hydroxylation is 2. The van der Waals surface area contributed by atoms with Gasteiger partial charge in [0.2, 0.25) is 0 Å². The molecule has 1 aliphatic heterocycles. The number of aromatic nitrogens is 2. The highest BCUT2D eigenvalue weighted by Gasteiger charge is 2.55. The molecule has 2 N–H and O–H groups in total. The van der Waals surface area contributed by atoms with Gasteiger partial charge in [0, 0.05) is 20.1 Å². The lowest BCUT2D eigenvalue weighted by atomic mass is 9.81. The van der Waals surface area contributed by atoms with E-state index in [1.165, 1.54) is 24.1 Å². The highest BCUT2D eigenvalue weighted by molar-refractivity contribution is 5.80. The van der Waals surface area contributed by atoms with Gasteiger partial charge in [0.05, 0.1) is 23.3 Å². The van der Waals surface area contributed by atoms with Gasteiger partial charge in [-0.15, -0.1) is 0 Å². The number of nitrogens with one attached hydrogen (secondary N) is 1. The molecular weight excluding hydrogens is 320 g/mol. The lowest BCUT2D eigenvalue weighted by Gasteiger charge is -2.23. The van der Waals surface area contributed by atoms with E-state index in [1.54, 1.807) is 4.90 Å². The first kappa shape index (κ1) is 16.4. The van der Waals surface area contributed by atoms with E-state index in [-0.39, 0.29) is 11.9 Å². The van der Waals surface area contributed by atoms with Gasteiger partial charge in [0.15, 0.2) is 0 Å². The molecule has 1 aromatic heterocycles. The molecule has 1 saturated heterocycles. The predicted molar refractivity (Wildman–Crippen MR) is 91.1 cm³/mol. The summed E-state index contributed by atoms with van der Waals surface area (Å²) in [5.41, 5.74) is 2.81. The maximum atomic E-state index is 12.6. The van der Waals surface area contributed by atoms with Gasteiger partial charge in [-0.1, -0.05) is 6.42 Å². The molecule has 0 bridgehead atoms. The van der Waals surface area contributed by atoms with Crippen molar-refractivity contribution in [3.05, 3.63) is 17.0 Å². The number of carboxylic acids is 1. The van der Waals surface area contributed by atoms with E-state index in [2.05, 4.69) is 10.4 Å². The SMILES string of the molecule is Cn1nc2c(c1CNC(=O)N1C[C@@H]3CCC[C@@]3(C(=O)O)C1)CCCC2. The van der Waals surface area contributed by atoms with E-state index >= 15 is 0 Å². The van der Waals surface area contributed by atoms with Gasteiger partial charge in [-0.25, -0.2) is 4.79 Å². The minimum Gasteiger partial charge on any atom is -0.481 e. The van der Waals surface area contributed by atoms with Crippen LogP contribution >= 0.6 is 0 Å². The molecule has 0 radical (unpaired) electrons. The quantitative estimate of drug-likeness (QED) is 0.872. The van der Waals surface area contributed by atoms with Gasteiger partial charge >= 0.3 is 12.0 Å². The third-order valence-electron chi connectivity index (χ3n) is 6.44. The zero-order chi connectivity index (χ0) is 17.6. The molecule has 1 saturated carbocycles. The van der Waals surface area contributed by atoms with Crippen LogP contribution in [0.15, 0.2) is 0 Å². The van der Waals surface area contributed by atoms with E-state index in [1.807, 2.05) is 11.7 Å². The molecule has 1 aromatic rings. The maximum absolute atomic E-state index is 12.6. The Kier molecular flexibility index (Phi) is 3.96. The Morgan fingerprint density at radius 3 is 2.88 bits per heavy atom. The highest BCUT2D eigenvalue weighted by atomic mass is 16.4. The summed E-state index contributed by atoms with van der Waals surface area (Å²) in [4.78, 5) is 26.1. The molecule has 2 heterocycles. The monoisotopic (exact) mass is 346 g/mol. The summed E-state index contributed by atoms with van der Waals surface area (Å²) in [6.45, 7) is 1.35. The molecule has 3 aliphatic rings. The van der Waals surface area contributed by atoms with Gasteiger partial charge in [-0.3, -0.25) is 9.48 Å². The number of urea groups is 1. The van der Waals surface area contributed by atoms with Crippen molar-refractivity contribution >= 4 is 12.0 Å². The minimum absolute atomic E-state index is 0.0974. The summed E-state index contributed by atoms with van der Waals surface area (Å²) in [5.74, 6) is -0.647. The first-order chi connectivity index (χ1) is 12.0. The van der Waals surface area contributed by atoms with E-state index < -0.39 is 11.4 Å². The Morgan fingerprint density at radius 2 is 2.12 bits per heavy atom. The standard InChI is InChI=1S/C18H26N4O3/c1-21-15(13-6-2-3-7-14(13)20-21)9-19-17(25)22-10-12-5-4-8-18(12,11-22)16(23)24/h12H,2-11H2,1H3,(H,19,25)(H,23,24)/t12-,18+/m0/s1.